The first-order chi connectivity index (χ1) is 12.7. The van der Waals surface area contributed by atoms with Crippen molar-refractivity contribution in [2.75, 3.05) is 13.7 Å². The number of carbonyl (C=O) groups is 3. The molecule has 0 saturated carbocycles. The lowest BCUT2D eigenvalue weighted by Gasteiger charge is -2.32. The molecule has 27 heavy (non-hydrogen) atoms. The minimum atomic E-state index is -0.839. The molecule has 7 nitrogen and oxygen atoms in total. The highest BCUT2D eigenvalue weighted by atomic mass is 79.9. The summed E-state index contributed by atoms with van der Waals surface area (Å²) in [6.45, 7) is 5.72. The van der Waals surface area contributed by atoms with Crippen LogP contribution in [0.4, 0.5) is 0 Å². The first-order valence-corrected chi connectivity index (χ1v) is 10.7. The molecule has 0 fully saturated rings. The van der Waals surface area contributed by atoms with Gasteiger partial charge in [-0.2, -0.15) is 0 Å². The minimum absolute atomic E-state index is 0.0813. The Labute approximate surface area is 172 Å². The van der Waals surface area contributed by atoms with Gasteiger partial charge in [-0.05, 0) is 41.6 Å². The zero-order valence-electron chi connectivity index (χ0n) is 16.1. The van der Waals surface area contributed by atoms with E-state index in [1.165, 1.54) is 16.2 Å². The number of rotatable bonds is 3. The van der Waals surface area contributed by atoms with E-state index in [0.29, 0.717) is 19.3 Å². The van der Waals surface area contributed by atoms with Crippen LogP contribution in [0.3, 0.4) is 0 Å². The Morgan fingerprint density at radius 1 is 1.41 bits per heavy atom. The number of fused-ring (bicyclic) bond motifs is 1. The van der Waals surface area contributed by atoms with Crippen LogP contribution in [-0.4, -0.2) is 53.4 Å². The molecule has 0 spiro atoms. The predicted molar refractivity (Wildman–Crippen MR) is 106 cm³/mol. The van der Waals surface area contributed by atoms with Crippen LogP contribution in [0.2, 0.25) is 0 Å². The van der Waals surface area contributed by atoms with Crippen LogP contribution in [0, 0.1) is 5.92 Å². The number of nitrogens with zero attached hydrogens (tertiary/aromatic N) is 2. The maximum Gasteiger partial charge on any atom is 0.329 e. The maximum absolute atomic E-state index is 12.9. The molecule has 0 bridgehead atoms. The van der Waals surface area contributed by atoms with E-state index in [2.05, 4.69) is 26.2 Å². The summed E-state index contributed by atoms with van der Waals surface area (Å²) in [4.78, 5) is 44.9. The summed E-state index contributed by atoms with van der Waals surface area (Å²) in [7, 11) is 1.65. The van der Waals surface area contributed by atoms with Crippen molar-refractivity contribution in [3.05, 3.63) is 14.5 Å². The second-order valence-corrected chi connectivity index (χ2v) is 9.26. The molecular formula is C18H26BrN3O4S. The third-order valence-electron chi connectivity index (χ3n) is 4.54. The number of hydrogen-bond acceptors (Lipinski definition) is 6. The first kappa shape index (κ1) is 21.8. The Hall–Kier alpha value is -1.48. The van der Waals surface area contributed by atoms with Crippen molar-refractivity contribution in [1.82, 2.24) is 15.2 Å². The fourth-order valence-corrected chi connectivity index (χ4v) is 4.90. The molecule has 2 rings (SSSR count). The molecule has 2 amide bonds. The fourth-order valence-electron chi connectivity index (χ4n) is 3.25. The SMILES string of the molecule is CCOC(=O)[C@@H]1Cc2nc(Br)sc2CCCC(=O)N(C)[C@@H](C(C)C)C(=O)N1. The summed E-state index contributed by atoms with van der Waals surface area (Å²) in [6, 6.07) is -1.48. The molecule has 1 aliphatic rings. The number of hydrogen-bond donors (Lipinski definition) is 1. The third kappa shape index (κ3) is 5.51. The number of thiazole rings is 1. The van der Waals surface area contributed by atoms with Gasteiger partial charge in [0.05, 0.1) is 12.3 Å². The summed E-state index contributed by atoms with van der Waals surface area (Å²) in [5.74, 6) is -1.01. The van der Waals surface area contributed by atoms with Crippen LogP contribution in [0.15, 0.2) is 3.92 Å². The van der Waals surface area contributed by atoms with Gasteiger partial charge in [-0.3, -0.25) is 9.59 Å². The van der Waals surface area contributed by atoms with E-state index in [9.17, 15) is 14.4 Å². The Bertz CT molecular complexity index is 707. The number of amides is 2. The number of aryl methyl sites for hydroxylation is 1. The lowest BCUT2D eigenvalue weighted by molar-refractivity contribution is -0.149. The number of carbonyl (C=O) groups excluding carboxylic acids is 3. The first-order valence-electron chi connectivity index (χ1n) is 9.11. The highest BCUT2D eigenvalue weighted by Crippen LogP contribution is 2.27. The molecule has 9 heteroatoms. The van der Waals surface area contributed by atoms with E-state index in [1.54, 1.807) is 14.0 Å². The highest BCUT2D eigenvalue weighted by molar-refractivity contribution is 9.11. The van der Waals surface area contributed by atoms with Gasteiger partial charge in [0, 0.05) is 24.8 Å². The summed E-state index contributed by atoms with van der Waals surface area (Å²) in [6.07, 6.45) is 2.00. The Morgan fingerprint density at radius 2 is 2.11 bits per heavy atom. The number of likely N-dealkylation sites (N-methyl/N-ethyl adjacent to an activating group) is 1. The zero-order valence-corrected chi connectivity index (χ0v) is 18.5. The molecule has 1 aliphatic heterocycles. The molecule has 2 heterocycles. The van der Waals surface area contributed by atoms with Gasteiger partial charge in [-0.15, -0.1) is 11.3 Å². The van der Waals surface area contributed by atoms with Crippen LogP contribution in [0.1, 0.15) is 44.2 Å². The standard InChI is InChI=1S/C18H26BrN3O4S/c1-5-26-17(25)12-9-11-13(27-18(19)21-11)7-6-8-14(23)22(4)15(10(2)3)16(24)20-12/h10,12,15H,5-9H2,1-4H3,(H,20,24)/t12-,15-/m0/s1. The maximum atomic E-state index is 12.9. The van der Waals surface area contributed by atoms with Crippen LogP contribution in [0.5, 0.6) is 0 Å². The van der Waals surface area contributed by atoms with Gasteiger partial charge in [-0.1, -0.05) is 13.8 Å². The average Bonchev–Trinajstić information content (AvgIpc) is 2.92. The van der Waals surface area contributed by atoms with E-state index in [-0.39, 0.29) is 30.8 Å². The summed E-state index contributed by atoms with van der Waals surface area (Å²) >= 11 is 4.88. The van der Waals surface area contributed by atoms with E-state index in [1.807, 2.05) is 13.8 Å². The lowest BCUT2D eigenvalue weighted by Crippen LogP contribution is -2.55. The second kappa shape index (κ2) is 9.64. The smallest absolute Gasteiger partial charge is 0.329 e. The Balaban J connectivity index is 2.40. The van der Waals surface area contributed by atoms with E-state index in [4.69, 9.17) is 4.74 Å². The molecule has 150 valence electrons. The predicted octanol–water partition coefficient (Wildman–Crippen LogP) is 2.32. The van der Waals surface area contributed by atoms with Crippen LogP contribution in [-0.2, 0) is 32.0 Å². The number of nitrogens with one attached hydrogen (secondary N) is 1. The van der Waals surface area contributed by atoms with Gasteiger partial charge >= 0.3 is 5.97 Å². The average molecular weight is 460 g/mol. The van der Waals surface area contributed by atoms with Crippen molar-refractivity contribution in [1.29, 1.82) is 0 Å². The molecule has 0 radical (unpaired) electrons. The molecule has 0 unspecified atom stereocenters. The molecule has 1 N–H and O–H groups in total. The summed E-state index contributed by atoms with van der Waals surface area (Å²) < 4.78 is 5.87. The minimum Gasteiger partial charge on any atom is -0.464 e. The largest absolute Gasteiger partial charge is 0.464 e. The van der Waals surface area contributed by atoms with Gasteiger partial charge in [0.25, 0.3) is 0 Å². The van der Waals surface area contributed by atoms with E-state index >= 15 is 0 Å². The van der Waals surface area contributed by atoms with Crippen LogP contribution >= 0.6 is 27.3 Å². The summed E-state index contributed by atoms with van der Waals surface area (Å²) in [5.41, 5.74) is 0.757. The van der Waals surface area contributed by atoms with Crippen molar-refractivity contribution >= 4 is 45.1 Å². The topological polar surface area (TPSA) is 88.6 Å². The zero-order chi connectivity index (χ0) is 20.1. The van der Waals surface area contributed by atoms with Gasteiger partial charge in [-0.25, -0.2) is 9.78 Å². The second-order valence-electron chi connectivity index (χ2n) is 6.90. The molecule has 1 aromatic rings. The normalized spacial score (nSPS) is 21.9. The number of ether oxygens (including phenoxy) is 1. The molecule has 0 aliphatic carbocycles. The quantitative estimate of drug-likeness (QED) is 0.700. The monoisotopic (exact) mass is 459 g/mol. The van der Waals surface area contributed by atoms with Crippen molar-refractivity contribution in [3.8, 4) is 0 Å². The number of aromatic nitrogens is 1. The lowest BCUT2D eigenvalue weighted by atomic mass is 9.99. The third-order valence-corrected chi connectivity index (χ3v) is 6.15. The van der Waals surface area contributed by atoms with Gasteiger partial charge in [0.1, 0.15) is 12.1 Å². The molecular weight excluding hydrogens is 434 g/mol. The van der Waals surface area contributed by atoms with Crippen molar-refractivity contribution in [3.63, 3.8) is 0 Å². The molecule has 0 aromatic carbocycles. The van der Waals surface area contributed by atoms with E-state index < -0.39 is 18.1 Å². The summed E-state index contributed by atoms with van der Waals surface area (Å²) in [5, 5.41) is 2.79. The van der Waals surface area contributed by atoms with Crippen molar-refractivity contribution in [2.24, 2.45) is 5.92 Å². The Morgan fingerprint density at radius 3 is 2.74 bits per heavy atom. The van der Waals surface area contributed by atoms with Crippen LogP contribution in [0.25, 0.3) is 0 Å². The molecule has 1 aromatic heterocycles. The van der Waals surface area contributed by atoms with Gasteiger partial charge < -0.3 is 15.0 Å². The van der Waals surface area contributed by atoms with Crippen molar-refractivity contribution < 1.29 is 19.1 Å². The van der Waals surface area contributed by atoms with E-state index in [0.717, 1.165) is 14.5 Å². The number of esters is 1. The van der Waals surface area contributed by atoms with Crippen LogP contribution < -0.4 is 5.32 Å². The Kier molecular flexibility index (Phi) is 7.79. The number of halogens is 1. The molecule has 2 atom stereocenters. The van der Waals surface area contributed by atoms with Gasteiger partial charge in [0.2, 0.25) is 11.8 Å². The highest BCUT2D eigenvalue weighted by Gasteiger charge is 2.34. The van der Waals surface area contributed by atoms with Gasteiger partial charge in [0.15, 0.2) is 3.92 Å². The molecule has 0 saturated heterocycles. The fraction of sp³-hybridized carbons (Fsp3) is 0.667. The van der Waals surface area contributed by atoms with Crippen molar-refractivity contribution in [2.45, 2.75) is 58.5 Å².